The van der Waals surface area contributed by atoms with Crippen molar-refractivity contribution in [1.29, 1.82) is 0 Å². The van der Waals surface area contributed by atoms with Gasteiger partial charge in [0.2, 0.25) is 0 Å². The molecule has 13 rings (SSSR count). The molecule has 2 nitrogen and oxygen atoms in total. The quantitative estimate of drug-likeness (QED) is 0.133. The highest BCUT2D eigenvalue weighted by Gasteiger charge is 2.23. The van der Waals surface area contributed by atoms with Crippen LogP contribution in [0, 0.1) is 0 Å². The van der Waals surface area contributed by atoms with Crippen LogP contribution in [0.3, 0.4) is 0 Å². The van der Waals surface area contributed by atoms with Crippen LogP contribution < -0.4 is 9.80 Å². The van der Waals surface area contributed by atoms with Crippen LogP contribution in [0.5, 0.6) is 0 Å². The molecule has 0 saturated heterocycles. The van der Waals surface area contributed by atoms with Gasteiger partial charge >= 0.3 is 0 Å². The number of hydrogen-bond acceptors (Lipinski definition) is 2. The highest BCUT2D eigenvalue weighted by Crippen LogP contribution is 2.49. The summed E-state index contributed by atoms with van der Waals surface area (Å²) in [5, 5.41) is 9.72. The van der Waals surface area contributed by atoms with E-state index in [1.165, 1.54) is 87.6 Å². The number of allylic oxidation sites excluding steroid dienone is 1. The second-order valence-electron chi connectivity index (χ2n) is 18.4. The van der Waals surface area contributed by atoms with E-state index in [1.54, 1.807) is 0 Å². The third-order valence-corrected chi connectivity index (χ3v) is 14.2. The van der Waals surface area contributed by atoms with Gasteiger partial charge in [0, 0.05) is 34.1 Å². The minimum atomic E-state index is 1.04. The number of fused-ring (bicyclic) bond motifs is 5. The zero-order valence-corrected chi connectivity index (χ0v) is 38.7. The third-order valence-electron chi connectivity index (χ3n) is 14.2. The van der Waals surface area contributed by atoms with Crippen LogP contribution in [0.2, 0.25) is 0 Å². The maximum Gasteiger partial charge on any atom is 0.0468 e. The molecule has 70 heavy (non-hydrogen) atoms. The molecule has 0 bridgehead atoms. The predicted molar refractivity (Wildman–Crippen MR) is 299 cm³/mol. The van der Waals surface area contributed by atoms with Gasteiger partial charge in [-0.25, -0.2) is 0 Å². The number of nitrogens with zero attached hydrogens (tertiary/aromatic N) is 2. The first-order valence-corrected chi connectivity index (χ1v) is 24.4. The Kier molecular flexibility index (Phi) is 10.4. The number of para-hydroxylation sites is 2. The maximum atomic E-state index is 2.44. The molecular weight excluding hydrogens is 845 g/mol. The number of anilines is 6. The van der Waals surface area contributed by atoms with Crippen molar-refractivity contribution in [3.05, 3.63) is 272 Å². The Morgan fingerprint density at radius 1 is 0.271 bits per heavy atom. The van der Waals surface area contributed by atoms with Crippen molar-refractivity contribution in [2.45, 2.75) is 12.8 Å². The smallest absolute Gasteiger partial charge is 0.0468 e. The van der Waals surface area contributed by atoms with E-state index in [1.807, 2.05) is 0 Å². The number of benzene rings is 12. The molecule has 0 amide bonds. The predicted octanol–water partition coefficient (Wildman–Crippen LogP) is 19.2. The van der Waals surface area contributed by atoms with Crippen LogP contribution in [0.1, 0.15) is 17.5 Å². The van der Waals surface area contributed by atoms with Crippen LogP contribution in [-0.2, 0) is 6.42 Å². The summed E-state index contributed by atoms with van der Waals surface area (Å²) < 4.78 is 0. The van der Waals surface area contributed by atoms with E-state index in [0.29, 0.717) is 0 Å². The molecule has 12 aromatic rings. The fourth-order valence-corrected chi connectivity index (χ4v) is 10.8. The van der Waals surface area contributed by atoms with E-state index in [4.69, 9.17) is 0 Å². The summed E-state index contributed by atoms with van der Waals surface area (Å²) in [5.74, 6) is 0. The monoisotopic (exact) mass is 892 g/mol. The summed E-state index contributed by atoms with van der Waals surface area (Å²) in [5.41, 5.74) is 16.6. The van der Waals surface area contributed by atoms with E-state index in [-0.39, 0.29) is 0 Å². The summed E-state index contributed by atoms with van der Waals surface area (Å²) in [4.78, 5) is 4.83. The lowest BCUT2D eigenvalue weighted by molar-refractivity contribution is 0.984. The SMILES string of the molecule is C1=Cc2ccc(N(c3ccccc3)c3ccc4c(-c5ccc(-c6ccc7ccccc7c6)cc5)c5cc(N(c6ccccc6)c6ccc7ccccc7c6)ccc5c(-c5ccccc5)c4c3)cc2CC1. The Bertz CT molecular complexity index is 3930. The van der Waals surface area contributed by atoms with Crippen LogP contribution in [-0.4, -0.2) is 0 Å². The highest BCUT2D eigenvalue weighted by molar-refractivity contribution is 6.23. The summed E-state index contributed by atoms with van der Waals surface area (Å²) in [7, 11) is 0. The van der Waals surface area contributed by atoms with Crippen LogP contribution in [0.4, 0.5) is 34.1 Å². The van der Waals surface area contributed by atoms with Crippen molar-refractivity contribution in [2.75, 3.05) is 9.80 Å². The van der Waals surface area contributed by atoms with Crippen molar-refractivity contribution in [2.24, 2.45) is 0 Å². The molecule has 0 radical (unpaired) electrons. The number of rotatable bonds is 9. The van der Waals surface area contributed by atoms with Gasteiger partial charge in [-0.05, 0) is 179 Å². The normalized spacial score (nSPS) is 12.1. The van der Waals surface area contributed by atoms with E-state index in [0.717, 1.165) is 47.0 Å². The van der Waals surface area contributed by atoms with E-state index in [2.05, 4.69) is 277 Å². The average Bonchev–Trinajstić information content (AvgIpc) is 3.43. The van der Waals surface area contributed by atoms with E-state index < -0.39 is 0 Å². The molecule has 1 aliphatic carbocycles. The minimum Gasteiger partial charge on any atom is -0.310 e. The molecule has 0 heterocycles. The molecule has 0 spiro atoms. The molecule has 0 fully saturated rings. The molecule has 2 heteroatoms. The Morgan fingerprint density at radius 2 is 0.714 bits per heavy atom. The van der Waals surface area contributed by atoms with E-state index >= 15 is 0 Å². The fourth-order valence-electron chi connectivity index (χ4n) is 10.8. The molecule has 330 valence electrons. The molecule has 0 saturated carbocycles. The first-order valence-electron chi connectivity index (χ1n) is 24.4. The average molecular weight is 893 g/mol. The van der Waals surface area contributed by atoms with Crippen molar-refractivity contribution in [1.82, 2.24) is 0 Å². The fraction of sp³-hybridized carbons (Fsp3) is 0.0294. The van der Waals surface area contributed by atoms with Gasteiger partial charge in [0.15, 0.2) is 0 Å². The molecule has 0 unspecified atom stereocenters. The van der Waals surface area contributed by atoms with Gasteiger partial charge in [-0.15, -0.1) is 0 Å². The lowest BCUT2D eigenvalue weighted by atomic mass is 9.85. The van der Waals surface area contributed by atoms with E-state index in [9.17, 15) is 0 Å². The summed E-state index contributed by atoms with van der Waals surface area (Å²) in [6, 6.07) is 93.9. The molecule has 0 N–H and O–H groups in total. The lowest BCUT2D eigenvalue weighted by Gasteiger charge is -2.29. The van der Waals surface area contributed by atoms with Crippen molar-refractivity contribution in [3.63, 3.8) is 0 Å². The zero-order chi connectivity index (χ0) is 46.4. The Labute approximate surface area is 409 Å². The largest absolute Gasteiger partial charge is 0.310 e. The van der Waals surface area contributed by atoms with Crippen molar-refractivity contribution < 1.29 is 0 Å². The minimum absolute atomic E-state index is 1.04. The van der Waals surface area contributed by atoms with Gasteiger partial charge in [-0.3, -0.25) is 0 Å². The van der Waals surface area contributed by atoms with Crippen molar-refractivity contribution >= 4 is 83.3 Å². The number of aryl methyl sites for hydroxylation is 1. The summed E-state index contributed by atoms with van der Waals surface area (Å²) in [6.45, 7) is 0. The molecule has 1 aliphatic rings. The van der Waals surface area contributed by atoms with Gasteiger partial charge in [0.25, 0.3) is 0 Å². The Morgan fingerprint density at radius 3 is 1.33 bits per heavy atom. The standard InChI is InChI=1S/C68H48N2/c1-4-19-51(20-5-1)67-63-40-38-62(70(58-26-8-3-9-27-58)60-37-35-49-18-12-15-23-55(49)44-60)46-66(63)68(52-31-28-50(29-32-52)56-33-30-47-16-10-13-21-53(47)42-56)64-41-39-61(45-65(64)67)69(57-24-6-2-7-25-57)59-36-34-48-17-11-14-22-54(48)43-59/h1-13,15-21,23-46H,14,22H2. The topological polar surface area (TPSA) is 6.48 Å². The Hall–Kier alpha value is -8.98. The van der Waals surface area contributed by atoms with Gasteiger partial charge in [-0.2, -0.15) is 0 Å². The molecular formula is C68H48N2. The molecule has 0 aromatic heterocycles. The first-order chi connectivity index (χ1) is 34.7. The highest BCUT2D eigenvalue weighted by atomic mass is 15.1. The van der Waals surface area contributed by atoms with Crippen molar-refractivity contribution in [3.8, 4) is 33.4 Å². The molecule has 0 aliphatic heterocycles. The molecule has 0 atom stereocenters. The van der Waals surface area contributed by atoms with Gasteiger partial charge < -0.3 is 9.80 Å². The summed E-state index contributed by atoms with van der Waals surface area (Å²) in [6.07, 6.45) is 6.66. The molecule has 12 aromatic carbocycles. The second-order valence-corrected chi connectivity index (χ2v) is 18.4. The Balaban J connectivity index is 1.08. The van der Waals surface area contributed by atoms with Crippen LogP contribution in [0.25, 0.3) is 82.5 Å². The first kappa shape index (κ1) is 41.2. The van der Waals surface area contributed by atoms with Gasteiger partial charge in [-0.1, -0.05) is 188 Å². The zero-order valence-electron chi connectivity index (χ0n) is 38.7. The van der Waals surface area contributed by atoms with Gasteiger partial charge in [0.05, 0.1) is 0 Å². The van der Waals surface area contributed by atoms with Crippen LogP contribution in [0.15, 0.2) is 261 Å². The summed E-state index contributed by atoms with van der Waals surface area (Å²) >= 11 is 0. The lowest BCUT2D eigenvalue weighted by Crippen LogP contribution is -2.11. The van der Waals surface area contributed by atoms with Crippen LogP contribution >= 0.6 is 0 Å². The maximum absolute atomic E-state index is 2.44. The third kappa shape index (κ3) is 7.48. The number of hydrogen-bond donors (Lipinski definition) is 0. The second kappa shape index (κ2) is 17.6. The van der Waals surface area contributed by atoms with Gasteiger partial charge in [0.1, 0.15) is 0 Å².